The van der Waals surface area contributed by atoms with Crippen LogP contribution in [-0.4, -0.2) is 13.1 Å². The first-order chi connectivity index (χ1) is 6.08. The summed E-state index contributed by atoms with van der Waals surface area (Å²) in [5, 5.41) is 3.33. The van der Waals surface area contributed by atoms with Crippen molar-refractivity contribution in [2.24, 2.45) is 11.3 Å². The van der Waals surface area contributed by atoms with E-state index in [1.165, 1.54) is 32.4 Å². The molecule has 0 saturated carbocycles. The zero-order valence-electron chi connectivity index (χ0n) is 10.1. The molecule has 0 radical (unpaired) electrons. The minimum absolute atomic E-state index is 0.634. The molecule has 0 bridgehead atoms. The molecule has 1 saturated heterocycles. The number of rotatable bonds is 3. The Labute approximate surface area is 84.3 Å². The van der Waals surface area contributed by atoms with Gasteiger partial charge in [0.05, 0.1) is 0 Å². The van der Waals surface area contributed by atoms with Gasteiger partial charge in [-0.2, -0.15) is 0 Å². The van der Waals surface area contributed by atoms with Gasteiger partial charge in [-0.05, 0) is 17.8 Å². The lowest BCUT2D eigenvalue weighted by Crippen LogP contribution is -2.52. The monoisotopic (exact) mass is 185 g/mol. The Bertz CT molecular complexity index is 116. The van der Waals surface area contributed by atoms with Gasteiger partial charge in [0.2, 0.25) is 0 Å². The van der Waals surface area contributed by atoms with E-state index in [0.717, 1.165) is 5.92 Å². The first-order valence-corrected chi connectivity index (χ1v) is 5.78. The molecule has 13 heavy (non-hydrogen) atoms. The normalized spacial score (nSPS) is 21.0. The van der Waals surface area contributed by atoms with E-state index in [2.05, 4.69) is 39.9 Å². The van der Waals surface area contributed by atoms with E-state index in [9.17, 15) is 0 Å². The molecule has 1 N–H and O–H groups in total. The van der Waals surface area contributed by atoms with E-state index in [4.69, 9.17) is 0 Å². The standard InChI is InChI=1S/C9H19N.C3H8/c1-4-8(2)5-9(3)6-10-7-9;1-3-2/h8,10H,4-7H2,1-3H3;3H2,1-2H3/t8-;/m0./s1. The summed E-state index contributed by atoms with van der Waals surface area (Å²) in [6.07, 6.45) is 3.98. The molecule has 0 aliphatic carbocycles. The van der Waals surface area contributed by atoms with Crippen LogP contribution in [0.2, 0.25) is 0 Å². The zero-order valence-corrected chi connectivity index (χ0v) is 10.1. The van der Waals surface area contributed by atoms with Crippen molar-refractivity contribution in [3.8, 4) is 0 Å². The van der Waals surface area contributed by atoms with Crippen molar-refractivity contribution in [3.63, 3.8) is 0 Å². The summed E-state index contributed by atoms with van der Waals surface area (Å²) in [5.74, 6) is 0.909. The molecule has 1 heteroatoms. The molecular formula is C12H27N. The van der Waals surface area contributed by atoms with Gasteiger partial charge in [-0.1, -0.05) is 47.5 Å². The van der Waals surface area contributed by atoms with Gasteiger partial charge in [0.1, 0.15) is 0 Å². The van der Waals surface area contributed by atoms with E-state index in [1.54, 1.807) is 0 Å². The summed E-state index contributed by atoms with van der Waals surface area (Å²) in [4.78, 5) is 0. The number of hydrogen-bond acceptors (Lipinski definition) is 1. The van der Waals surface area contributed by atoms with Gasteiger partial charge in [-0.15, -0.1) is 0 Å². The first kappa shape index (κ1) is 13.0. The molecule has 1 aliphatic rings. The molecule has 0 unspecified atom stereocenters. The lowest BCUT2D eigenvalue weighted by atomic mass is 9.76. The Morgan fingerprint density at radius 2 is 1.69 bits per heavy atom. The predicted octanol–water partition coefficient (Wildman–Crippen LogP) is 3.45. The van der Waals surface area contributed by atoms with Gasteiger partial charge >= 0.3 is 0 Å². The summed E-state index contributed by atoms with van der Waals surface area (Å²) in [5.41, 5.74) is 0.634. The topological polar surface area (TPSA) is 12.0 Å². The Kier molecular flexibility index (Phi) is 6.40. The fraction of sp³-hybridized carbons (Fsp3) is 1.00. The smallest absolute Gasteiger partial charge is 0.00177 e. The van der Waals surface area contributed by atoms with E-state index >= 15 is 0 Å². The highest BCUT2D eigenvalue weighted by Crippen LogP contribution is 2.30. The van der Waals surface area contributed by atoms with Crippen molar-refractivity contribution in [2.45, 2.75) is 53.9 Å². The Morgan fingerprint density at radius 1 is 1.23 bits per heavy atom. The van der Waals surface area contributed by atoms with Crippen molar-refractivity contribution in [2.75, 3.05) is 13.1 Å². The third-order valence-corrected chi connectivity index (χ3v) is 2.64. The largest absolute Gasteiger partial charge is 0.316 e. The van der Waals surface area contributed by atoms with Gasteiger partial charge in [0.15, 0.2) is 0 Å². The van der Waals surface area contributed by atoms with Crippen molar-refractivity contribution in [1.82, 2.24) is 5.32 Å². The first-order valence-electron chi connectivity index (χ1n) is 5.78. The summed E-state index contributed by atoms with van der Waals surface area (Å²) in [7, 11) is 0. The molecule has 0 aromatic heterocycles. The highest BCUT2D eigenvalue weighted by molar-refractivity contribution is 4.88. The van der Waals surface area contributed by atoms with Crippen LogP contribution in [0.5, 0.6) is 0 Å². The average Bonchev–Trinajstić information content (AvgIpc) is 2.03. The van der Waals surface area contributed by atoms with Crippen LogP contribution in [0.15, 0.2) is 0 Å². The van der Waals surface area contributed by atoms with Crippen LogP contribution in [0.4, 0.5) is 0 Å². The maximum atomic E-state index is 3.33. The summed E-state index contributed by atoms with van der Waals surface area (Å²) in [6, 6.07) is 0. The van der Waals surface area contributed by atoms with Gasteiger partial charge < -0.3 is 5.32 Å². The molecule has 1 heterocycles. The molecule has 1 nitrogen and oxygen atoms in total. The van der Waals surface area contributed by atoms with Crippen LogP contribution in [0.25, 0.3) is 0 Å². The fourth-order valence-electron chi connectivity index (χ4n) is 1.68. The minimum Gasteiger partial charge on any atom is -0.316 e. The molecule has 0 aromatic carbocycles. The predicted molar refractivity (Wildman–Crippen MR) is 61.0 cm³/mol. The lowest BCUT2D eigenvalue weighted by Gasteiger charge is -2.41. The zero-order chi connectivity index (χ0) is 10.3. The SMILES string of the molecule is CCC.CC[C@H](C)CC1(C)CNC1. The quantitative estimate of drug-likeness (QED) is 0.710. The van der Waals surface area contributed by atoms with Crippen LogP contribution in [0, 0.1) is 11.3 Å². The summed E-state index contributed by atoms with van der Waals surface area (Å²) < 4.78 is 0. The molecule has 1 fully saturated rings. The van der Waals surface area contributed by atoms with Gasteiger partial charge in [0.25, 0.3) is 0 Å². The molecule has 1 aliphatic heterocycles. The van der Waals surface area contributed by atoms with E-state index in [1.807, 2.05) is 0 Å². The summed E-state index contributed by atoms with van der Waals surface area (Å²) in [6.45, 7) is 13.7. The fourth-order valence-corrected chi connectivity index (χ4v) is 1.68. The van der Waals surface area contributed by atoms with Crippen LogP contribution in [0.1, 0.15) is 53.9 Å². The second-order valence-corrected chi connectivity index (χ2v) is 4.84. The average molecular weight is 185 g/mol. The second-order valence-electron chi connectivity index (χ2n) is 4.84. The van der Waals surface area contributed by atoms with Crippen molar-refractivity contribution >= 4 is 0 Å². The maximum Gasteiger partial charge on any atom is 0.00177 e. The molecule has 1 rings (SSSR count). The van der Waals surface area contributed by atoms with Crippen molar-refractivity contribution < 1.29 is 0 Å². The van der Waals surface area contributed by atoms with E-state index < -0.39 is 0 Å². The molecule has 0 amide bonds. The molecule has 1 atom stereocenters. The molecule has 0 aromatic rings. The maximum absolute atomic E-state index is 3.33. The van der Waals surface area contributed by atoms with Gasteiger partial charge in [-0.25, -0.2) is 0 Å². The number of hydrogen-bond donors (Lipinski definition) is 1. The van der Waals surface area contributed by atoms with Crippen LogP contribution in [0.3, 0.4) is 0 Å². The molecule has 0 spiro atoms. The van der Waals surface area contributed by atoms with E-state index in [0.29, 0.717) is 5.41 Å². The van der Waals surface area contributed by atoms with Crippen molar-refractivity contribution in [3.05, 3.63) is 0 Å². The molecular weight excluding hydrogens is 158 g/mol. The Hall–Kier alpha value is -0.0400. The van der Waals surface area contributed by atoms with E-state index in [-0.39, 0.29) is 0 Å². The third-order valence-electron chi connectivity index (χ3n) is 2.64. The Morgan fingerprint density at radius 3 is 1.92 bits per heavy atom. The highest BCUT2D eigenvalue weighted by atomic mass is 15.0. The summed E-state index contributed by atoms with van der Waals surface area (Å²) >= 11 is 0. The van der Waals surface area contributed by atoms with Crippen LogP contribution >= 0.6 is 0 Å². The third kappa shape index (κ3) is 5.30. The lowest BCUT2D eigenvalue weighted by molar-refractivity contribution is 0.150. The van der Waals surface area contributed by atoms with Crippen molar-refractivity contribution in [1.29, 1.82) is 0 Å². The van der Waals surface area contributed by atoms with Gasteiger partial charge in [-0.3, -0.25) is 0 Å². The van der Waals surface area contributed by atoms with Gasteiger partial charge in [0, 0.05) is 13.1 Å². The number of nitrogens with one attached hydrogen (secondary N) is 1. The van der Waals surface area contributed by atoms with Crippen LogP contribution < -0.4 is 5.32 Å². The molecule has 80 valence electrons. The Balaban J connectivity index is 0.000000424. The minimum atomic E-state index is 0.634. The van der Waals surface area contributed by atoms with Crippen LogP contribution in [-0.2, 0) is 0 Å². The highest BCUT2D eigenvalue weighted by Gasteiger charge is 2.32. The second kappa shape index (κ2) is 6.42.